The number of rotatable bonds is 4. The summed E-state index contributed by atoms with van der Waals surface area (Å²) in [6.07, 6.45) is 8.79. The van der Waals surface area contributed by atoms with Crippen LogP contribution in [0.3, 0.4) is 0 Å². The number of hydrogen-bond donors (Lipinski definition) is 2. The summed E-state index contributed by atoms with van der Waals surface area (Å²) in [5, 5.41) is 1.96. The molecule has 0 radical (unpaired) electrons. The van der Waals surface area contributed by atoms with Crippen molar-refractivity contribution < 1.29 is 28.4 Å². The Hall–Kier alpha value is -10.1. The highest BCUT2D eigenvalue weighted by Crippen LogP contribution is 2.45. The Kier molecular flexibility index (Phi) is 19.4. The molecule has 544 valence electrons. The van der Waals surface area contributed by atoms with Crippen LogP contribution >= 0.6 is 0 Å². The lowest BCUT2D eigenvalue weighted by atomic mass is 9.78. The molecule has 12 nitrogen and oxygen atoms in total. The van der Waals surface area contributed by atoms with Gasteiger partial charge in [-0.2, -0.15) is 0 Å². The maximum Gasteiger partial charge on any atom is 0.213 e. The first kappa shape index (κ1) is 72.8. The highest BCUT2D eigenvalue weighted by atomic mass is 16.6. The van der Waals surface area contributed by atoms with Gasteiger partial charge < -0.3 is 38.4 Å². The molecule has 0 atom stereocenters. The van der Waals surface area contributed by atoms with Crippen LogP contribution in [0.4, 0.5) is 0 Å². The fourth-order valence-corrected chi connectivity index (χ4v) is 14.0. The normalized spacial score (nSPS) is 14.5. The SMILES string of the molecule is CC(C)(C)c1cc(-c2c3nc(c(-c4cc(C(C)(C)C)cc(C(C)(C)C)c4)c4ccc([nH]4)c(-c4cc(C(C)(C)C)cc(C(C)(C)C)c4)c4nc(c(-c5cc6cc(c5)OCCOCCOc5ccc7ccc8ccc(nc8c7n5)-c5ccc(cc5)OCCOCCO6)c5ccc2[nH]5)C=C4)C=C3)cc(C(C)(C)C)c1. The number of aromatic nitrogens is 6. The second kappa shape index (κ2) is 28.3. The predicted octanol–water partition coefficient (Wildman–Crippen LogP) is 23.1. The van der Waals surface area contributed by atoms with Crippen LogP contribution < -0.4 is 18.9 Å². The van der Waals surface area contributed by atoms with E-state index in [1.807, 2.05) is 48.5 Å². The summed E-state index contributed by atoms with van der Waals surface area (Å²) in [7, 11) is 0. The minimum absolute atomic E-state index is 0.146. The Morgan fingerprint density at radius 1 is 0.264 bits per heavy atom. The van der Waals surface area contributed by atoms with Gasteiger partial charge in [0.15, 0.2) is 0 Å². The highest BCUT2D eigenvalue weighted by molar-refractivity contribution is 6.04. The standard InChI is InChI=1S/C94H102N6O6/c1-89(2,3)64-45-60(46-65(53-64)90(4,5)6)83-74-28-30-76(95-74)84(61-47-66(91(7,8)9)54-67(48-61)92(10,11)12)78-32-34-80(97-78)86(81-35-33-79(98-81)85(77-31-29-75(83)96-77)62-49-68(93(13,14)15)55-69(50-62)94(16,17)18)63-51-71-56-72(52-63)105-43-39-102-40-44-106-82-36-24-59-20-19-58-23-27-73(99-87(58)88(59)100-82)57-21-25-70(26-22-57)103-41-37-101-38-42-104-71/h19-36,45-56,95,98H,37-44H2,1-18H3. The monoisotopic (exact) mass is 1410 g/mol. The largest absolute Gasteiger partial charge is 0.491 e. The average Bonchev–Trinajstić information content (AvgIpc) is 1.49. The van der Waals surface area contributed by atoms with E-state index in [1.165, 1.54) is 33.4 Å². The summed E-state index contributed by atoms with van der Waals surface area (Å²) in [4.78, 5) is 30.1. The highest BCUT2D eigenvalue weighted by Gasteiger charge is 2.29. The maximum absolute atomic E-state index is 6.75. The molecule has 0 saturated carbocycles. The average molecular weight is 1410 g/mol. The van der Waals surface area contributed by atoms with Gasteiger partial charge in [0.25, 0.3) is 0 Å². The topological polar surface area (TPSA) is 139 Å². The van der Waals surface area contributed by atoms with E-state index in [0.29, 0.717) is 50.4 Å². The lowest BCUT2D eigenvalue weighted by molar-refractivity contribution is 0.0741. The van der Waals surface area contributed by atoms with Crippen LogP contribution in [0.5, 0.6) is 23.1 Å². The third kappa shape index (κ3) is 15.7. The van der Waals surface area contributed by atoms with Crippen molar-refractivity contribution in [2.24, 2.45) is 0 Å². The van der Waals surface area contributed by atoms with E-state index in [9.17, 15) is 0 Å². The minimum Gasteiger partial charge on any atom is -0.491 e. The molecule has 11 aromatic rings. The Morgan fingerprint density at radius 3 is 0.934 bits per heavy atom. The number of pyridine rings is 2. The van der Waals surface area contributed by atoms with E-state index in [4.69, 9.17) is 48.4 Å². The smallest absolute Gasteiger partial charge is 0.213 e. The van der Waals surface area contributed by atoms with E-state index in [0.717, 1.165) is 128 Å². The van der Waals surface area contributed by atoms with Gasteiger partial charge in [0, 0.05) is 72.8 Å². The number of H-pyrrole nitrogens is 2. The molecule has 16 bridgehead atoms. The summed E-state index contributed by atoms with van der Waals surface area (Å²) in [6, 6.07) is 56.7. The zero-order valence-electron chi connectivity index (χ0n) is 65.2. The van der Waals surface area contributed by atoms with Crippen molar-refractivity contribution in [1.29, 1.82) is 0 Å². The zero-order valence-corrected chi connectivity index (χ0v) is 65.2. The summed E-state index contributed by atoms with van der Waals surface area (Å²) >= 11 is 0. The van der Waals surface area contributed by atoms with Crippen molar-refractivity contribution in [3.05, 3.63) is 214 Å². The molecule has 0 saturated heterocycles. The van der Waals surface area contributed by atoms with Gasteiger partial charge in [0.2, 0.25) is 5.88 Å². The molecule has 2 N–H and O–H groups in total. The Bertz CT molecular complexity index is 5270. The molecule has 0 fully saturated rings. The Balaban J connectivity index is 0.971. The van der Waals surface area contributed by atoms with Crippen molar-refractivity contribution in [3.8, 4) is 78.9 Å². The lowest BCUT2D eigenvalue weighted by Gasteiger charge is -2.26. The van der Waals surface area contributed by atoms with Gasteiger partial charge in [-0.3, -0.25) is 0 Å². The molecule has 0 amide bonds. The molecule has 0 aliphatic carbocycles. The zero-order chi connectivity index (χ0) is 74.8. The number of nitrogens with zero attached hydrogens (tertiary/aromatic N) is 4. The van der Waals surface area contributed by atoms with Crippen LogP contribution in [0.25, 0.3) is 124 Å². The quantitative estimate of drug-likeness (QED) is 0.129. The van der Waals surface area contributed by atoms with Crippen molar-refractivity contribution >= 4 is 68.2 Å². The second-order valence-electron chi connectivity index (χ2n) is 34.8. The van der Waals surface area contributed by atoms with Gasteiger partial charge in [-0.25, -0.2) is 19.9 Å². The minimum atomic E-state index is -0.169. The van der Waals surface area contributed by atoms with Crippen LogP contribution in [0.2, 0.25) is 0 Å². The molecule has 6 aromatic carbocycles. The maximum atomic E-state index is 6.75. The number of hydrogen-bond acceptors (Lipinski definition) is 10. The van der Waals surface area contributed by atoms with Gasteiger partial charge in [-0.1, -0.05) is 197 Å². The van der Waals surface area contributed by atoms with E-state index >= 15 is 0 Å². The fraction of sp³-hybridized carbons (Fsp3) is 0.340. The summed E-state index contributed by atoms with van der Waals surface area (Å²) < 4.78 is 38.4. The molecular formula is C94H102N6O6. The summed E-state index contributed by atoms with van der Waals surface area (Å²) in [6.45, 7) is 43.9. The third-order valence-electron chi connectivity index (χ3n) is 20.4. The third-order valence-corrected chi connectivity index (χ3v) is 20.4. The van der Waals surface area contributed by atoms with Crippen LogP contribution in [0, 0.1) is 0 Å². The molecule has 4 aliphatic heterocycles. The fourth-order valence-electron chi connectivity index (χ4n) is 14.0. The number of aromatic amines is 2. The number of nitrogens with one attached hydrogen (secondary N) is 2. The number of fused-ring (bicyclic) bond motifs is 22. The van der Waals surface area contributed by atoms with Crippen molar-refractivity contribution in [1.82, 2.24) is 29.9 Å². The van der Waals surface area contributed by atoms with Crippen LogP contribution in [-0.2, 0) is 42.0 Å². The van der Waals surface area contributed by atoms with Gasteiger partial charge in [0.05, 0.1) is 60.4 Å². The molecule has 12 heteroatoms. The molecule has 15 rings (SSSR count). The van der Waals surface area contributed by atoms with E-state index in [1.54, 1.807) is 0 Å². The Labute approximate surface area is 625 Å². The number of benzene rings is 6. The molecule has 4 aliphatic rings. The van der Waals surface area contributed by atoms with Crippen LogP contribution in [-0.4, -0.2) is 82.8 Å². The summed E-state index contributed by atoms with van der Waals surface area (Å²) in [5.41, 5.74) is 24.7. The lowest BCUT2D eigenvalue weighted by Crippen LogP contribution is -2.16. The van der Waals surface area contributed by atoms with Crippen LogP contribution in [0.1, 0.15) is 181 Å². The van der Waals surface area contributed by atoms with Crippen LogP contribution in [0.15, 0.2) is 158 Å². The molecular weight excluding hydrogens is 1310 g/mol. The first-order valence-corrected chi connectivity index (χ1v) is 37.5. The Morgan fingerprint density at radius 2 is 0.575 bits per heavy atom. The first-order chi connectivity index (χ1) is 50.2. The van der Waals surface area contributed by atoms with Gasteiger partial charge in [0.1, 0.15) is 49.2 Å². The molecule has 5 aromatic heterocycles. The van der Waals surface area contributed by atoms with E-state index < -0.39 is 0 Å². The molecule has 106 heavy (non-hydrogen) atoms. The molecule has 0 unspecified atom stereocenters. The molecule has 0 spiro atoms. The van der Waals surface area contributed by atoms with Gasteiger partial charge in [-0.05, 0) is 185 Å². The first-order valence-electron chi connectivity index (χ1n) is 37.5. The van der Waals surface area contributed by atoms with Crippen molar-refractivity contribution in [2.75, 3.05) is 52.9 Å². The summed E-state index contributed by atoms with van der Waals surface area (Å²) in [5.74, 6) is 2.42. The van der Waals surface area contributed by atoms with E-state index in [2.05, 4.69) is 268 Å². The second-order valence-corrected chi connectivity index (χ2v) is 34.8. The van der Waals surface area contributed by atoms with Crippen molar-refractivity contribution in [2.45, 2.75) is 157 Å². The van der Waals surface area contributed by atoms with Crippen molar-refractivity contribution in [3.63, 3.8) is 0 Å². The van der Waals surface area contributed by atoms with Gasteiger partial charge >= 0.3 is 0 Å². The number of ether oxygens (including phenoxy) is 6. The molecule has 9 heterocycles. The van der Waals surface area contributed by atoms with E-state index in [-0.39, 0.29) is 52.3 Å². The van der Waals surface area contributed by atoms with Gasteiger partial charge in [-0.15, -0.1) is 0 Å². The predicted molar refractivity (Wildman–Crippen MR) is 439 cm³/mol.